The maximum absolute atomic E-state index is 6.16. The second-order valence-corrected chi connectivity index (χ2v) is 4.10. The molecule has 1 heterocycles. The van der Waals surface area contributed by atoms with Crippen molar-refractivity contribution in [2.24, 2.45) is 5.73 Å². The van der Waals surface area contributed by atoms with Crippen LogP contribution in [0.2, 0.25) is 0 Å². The Bertz CT molecular complexity index is 194. The fourth-order valence-corrected chi connectivity index (χ4v) is 2.29. The topological polar surface area (TPSA) is 35.2 Å². The largest absolute Gasteiger partial charge is 0.376 e. The van der Waals surface area contributed by atoms with Crippen LogP contribution in [0.25, 0.3) is 0 Å². The molecule has 0 aromatic rings. The molecule has 1 aliphatic heterocycles. The van der Waals surface area contributed by atoms with E-state index in [0.29, 0.717) is 6.10 Å². The molecule has 2 atom stereocenters. The Labute approximate surface area is 80.1 Å². The lowest BCUT2D eigenvalue weighted by Crippen LogP contribution is -2.40. The standard InChI is InChI=1S/C11H19NO/c12-11(9-5-1-2-6-9)10-7-3-4-8-13-10/h5,10-11H,1-4,6-8,12H2. The summed E-state index contributed by atoms with van der Waals surface area (Å²) < 4.78 is 5.69. The van der Waals surface area contributed by atoms with Crippen molar-refractivity contribution in [3.8, 4) is 0 Å². The van der Waals surface area contributed by atoms with E-state index in [2.05, 4.69) is 6.08 Å². The molecule has 1 fully saturated rings. The third-order valence-corrected chi connectivity index (χ3v) is 3.12. The van der Waals surface area contributed by atoms with Crippen LogP contribution in [0.1, 0.15) is 38.5 Å². The highest BCUT2D eigenvalue weighted by Crippen LogP contribution is 2.25. The average Bonchev–Trinajstić information content (AvgIpc) is 2.71. The van der Waals surface area contributed by atoms with Crippen LogP contribution in [-0.2, 0) is 4.74 Å². The molecule has 2 nitrogen and oxygen atoms in total. The fraction of sp³-hybridized carbons (Fsp3) is 0.818. The lowest BCUT2D eigenvalue weighted by molar-refractivity contribution is 0.00683. The summed E-state index contributed by atoms with van der Waals surface area (Å²) in [7, 11) is 0. The van der Waals surface area contributed by atoms with Gasteiger partial charge in [-0.15, -0.1) is 0 Å². The summed E-state index contributed by atoms with van der Waals surface area (Å²) in [6.45, 7) is 0.908. The van der Waals surface area contributed by atoms with Crippen LogP contribution in [0.15, 0.2) is 11.6 Å². The van der Waals surface area contributed by atoms with Crippen LogP contribution in [0, 0.1) is 0 Å². The molecule has 74 valence electrons. The van der Waals surface area contributed by atoms with Crippen molar-refractivity contribution >= 4 is 0 Å². The smallest absolute Gasteiger partial charge is 0.0764 e. The van der Waals surface area contributed by atoms with E-state index in [9.17, 15) is 0 Å². The van der Waals surface area contributed by atoms with Crippen molar-refractivity contribution in [3.63, 3.8) is 0 Å². The van der Waals surface area contributed by atoms with Gasteiger partial charge >= 0.3 is 0 Å². The fourth-order valence-electron chi connectivity index (χ4n) is 2.29. The first-order valence-corrected chi connectivity index (χ1v) is 5.44. The molecule has 2 aliphatic rings. The predicted molar refractivity (Wildman–Crippen MR) is 53.5 cm³/mol. The molecule has 2 rings (SSSR count). The van der Waals surface area contributed by atoms with Crippen molar-refractivity contribution in [1.82, 2.24) is 0 Å². The summed E-state index contributed by atoms with van der Waals surface area (Å²) in [5.41, 5.74) is 7.60. The average molecular weight is 181 g/mol. The molecule has 0 saturated carbocycles. The summed E-state index contributed by atoms with van der Waals surface area (Å²) in [6, 6.07) is 0.183. The number of allylic oxidation sites excluding steroid dienone is 1. The minimum absolute atomic E-state index is 0.183. The lowest BCUT2D eigenvalue weighted by atomic mass is 9.96. The number of nitrogens with two attached hydrogens (primary N) is 1. The highest BCUT2D eigenvalue weighted by atomic mass is 16.5. The zero-order valence-corrected chi connectivity index (χ0v) is 8.17. The van der Waals surface area contributed by atoms with E-state index < -0.39 is 0 Å². The first kappa shape index (κ1) is 9.22. The Morgan fingerprint density at radius 3 is 2.92 bits per heavy atom. The number of hydrogen-bond donors (Lipinski definition) is 1. The maximum Gasteiger partial charge on any atom is 0.0764 e. The van der Waals surface area contributed by atoms with Gasteiger partial charge in [-0.3, -0.25) is 0 Å². The van der Waals surface area contributed by atoms with Crippen LogP contribution >= 0.6 is 0 Å². The molecule has 1 saturated heterocycles. The molecule has 0 bridgehead atoms. The van der Waals surface area contributed by atoms with E-state index in [1.54, 1.807) is 0 Å². The van der Waals surface area contributed by atoms with E-state index in [4.69, 9.17) is 10.5 Å². The molecular weight excluding hydrogens is 162 g/mol. The van der Waals surface area contributed by atoms with Crippen LogP contribution in [-0.4, -0.2) is 18.8 Å². The van der Waals surface area contributed by atoms with Gasteiger partial charge in [-0.25, -0.2) is 0 Å². The summed E-state index contributed by atoms with van der Waals surface area (Å²) in [5.74, 6) is 0. The number of rotatable bonds is 2. The van der Waals surface area contributed by atoms with Crippen molar-refractivity contribution in [2.75, 3.05) is 6.61 Å². The second kappa shape index (κ2) is 4.25. The first-order chi connectivity index (χ1) is 6.38. The van der Waals surface area contributed by atoms with E-state index in [0.717, 1.165) is 13.0 Å². The van der Waals surface area contributed by atoms with Gasteiger partial charge in [-0.2, -0.15) is 0 Å². The van der Waals surface area contributed by atoms with Crippen molar-refractivity contribution < 1.29 is 4.74 Å². The van der Waals surface area contributed by atoms with E-state index in [-0.39, 0.29) is 6.04 Å². The molecule has 2 unspecified atom stereocenters. The Kier molecular flexibility index (Phi) is 3.01. The van der Waals surface area contributed by atoms with Crippen LogP contribution in [0.5, 0.6) is 0 Å². The van der Waals surface area contributed by atoms with Crippen LogP contribution in [0.4, 0.5) is 0 Å². The van der Waals surface area contributed by atoms with Crippen LogP contribution in [0.3, 0.4) is 0 Å². The molecule has 1 aliphatic carbocycles. The second-order valence-electron chi connectivity index (χ2n) is 4.10. The normalized spacial score (nSPS) is 31.5. The van der Waals surface area contributed by atoms with Crippen LogP contribution < -0.4 is 5.73 Å². The van der Waals surface area contributed by atoms with Gasteiger partial charge in [-0.1, -0.05) is 11.6 Å². The summed E-state index contributed by atoms with van der Waals surface area (Å²) in [5, 5.41) is 0. The minimum Gasteiger partial charge on any atom is -0.376 e. The van der Waals surface area contributed by atoms with E-state index in [1.165, 1.54) is 37.7 Å². The molecule has 0 amide bonds. The molecule has 0 aromatic carbocycles. The van der Waals surface area contributed by atoms with Gasteiger partial charge in [0.25, 0.3) is 0 Å². The van der Waals surface area contributed by atoms with Gasteiger partial charge in [0.1, 0.15) is 0 Å². The highest BCUT2D eigenvalue weighted by Gasteiger charge is 2.24. The van der Waals surface area contributed by atoms with Gasteiger partial charge in [0.15, 0.2) is 0 Å². The van der Waals surface area contributed by atoms with E-state index in [1.807, 2.05) is 0 Å². The molecule has 13 heavy (non-hydrogen) atoms. The maximum atomic E-state index is 6.16. The third-order valence-electron chi connectivity index (χ3n) is 3.12. The summed E-state index contributed by atoms with van der Waals surface area (Å²) in [4.78, 5) is 0. The predicted octanol–water partition coefficient (Wildman–Crippen LogP) is 1.99. The molecule has 2 heteroatoms. The molecule has 0 aromatic heterocycles. The van der Waals surface area contributed by atoms with Gasteiger partial charge in [-0.05, 0) is 38.5 Å². The molecule has 2 N–H and O–H groups in total. The SMILES string of the molecule is NC(C1=CCCC1)C1CCCCO1. The molecule has 0 spiro atoms. The minimum atomic E-state index is 0.183. The number of hydrogen-bond acceptors (Lipinski definition) is 2. The van der Waals surface area contributed by atoms with Gasteiger partial charge < -0.3 is 10.5 Å². The molecular formula is C11H19NO. The van der Waals surface area contributed by atoms with Gasteiger partial charge in [0.05, 0.1) is 12.1 Å². The summed E-state index contributed by atoms with van der Waals surface area (Å²) >= 11 is 0. The first-order valence-electron chi connectivity index (χ1n) is 5.44. The lowest BCUT2D eigenvalue weighted by Gasteiger charge is -2.28. The number of ether oxygens (including phenoxy) is 1. The third kappa shape index (κ3) is 2.12. The monoisotopic (exact) mass is 181 g/mol. The van der Waals surface area contributed by atoms with Gasteiger partial charge in [0, 0.05) is 6.61 Å². The zero-order chi connectivity index (χ0) is 9.10. The zero-order valence-electron chi connectivity index (χ0n) is 8.17. The summed E-state index contributed by atoms with van der Waals surface area (Å²) in [6.07, 6.45) is 9.96. The Hall–Kier alpha value is -0.340. The van der Waals surface area contributed by atoms with Gasteiger partial charge in [0.2, 0.25) is 0 Å². The van der Waals surface area contributed by atoms with Crippen molar-refractivity contribution in [2.45, 2.75) is 50.7 Å². The van der Waals surface area contributed by atoms with Crippen molar-refractivity contribution in [1.29, 1.82) is 0 Å². The Balaban J connectivity index is 1.90. The van der Waals surface area contributed by atoms with Crippen molar-refractivity contribution in [3.05, 3.63) is 11.6 Å². The Morgan fingerprint density at radius 2 is 2.31 bits per heavy atom. The Morgan fingerprint density at radius 1 is 1.38 bits per heavy atom. The molecule has 0 radical (unpaired) electrons. The van der Waals surface area contributed by atoms with E-state index >= 15 is 0 Å². The quantitative estimate of drug-likeness (QED) is 0.661. The highest BCUT2D eigenvalue weighted by molar-refractivity contribution is 5.16.